The molecule has 70 valence electrons. The van der Waals surface area contributed by atoms with Crippen LogP contribution in [-0.2, 0) is 0 Å². The maximum absolute atomic E-state index is 5.82. The lowest BCUT2D eigenvalue weighted by Crippen LogP contribution is -2.29. The van der Waals surface area contributed by atoms with Crippen LogP contribution in [0.5, 0.6) is 5.75 Å². The van der Waals surface area contributed by atoms with Gasteiger partial charge in [0, 0.05) is 11.5 Å². The summed E-state index contributed by atoms with van der Waals surface area (Å²) in [5.74, 6) is 0.803. The Morgan fingerprint density at radius 2 is 2.31 bits per heavy atom. The first kappa shape index (κ1) is 8.69. The van der Waals surface area contributed by atoms with Crippen molar-refractivity contribution in [3.63, 3.8) is 0 Å². The van der Waals surface area contributed by atoms with E-state index in [1.807, 2.05) is 19.2 Å². The van der Waals surface area contributed by atoms with E-state index in [9.17, 15) is 0 Å². The van der Waals surface area contributed by atoms with Gasteiger partial charge in [-0.2, -0.15) is 0 Å². The van der Waals surface area contributed by atoms with Crippen LogP contribution in [0.1, 0.15) is 0 Å². The first-order valence-corrected chi connectivity index (χ1v) is 4.91. The predicted octanol–water partition coefficient (Wildman–Crippen LogP) is 1.86. The third-order valence-electron chi connectivity index (χ3n) is 2.15. The second kappa shape index (κ2) is 3.10. The molecule has 1 aliphatic rings. The van der Waals surface area contributed by atoms with Gasteiger partial charge in [0.2, 0.25) is 0 Å². The van der Waals surface area contributed by atoms with Gasteiger partial charge >= 0.3 is 0 Å². The maximum Gasteiger partial charge on any atom is 0.165 e. The van der Waals surface area contributed by atoms with Crippen molar-refractivity contribution in [1.82, 2.24) is 0 Å². The minimum atomic E-state index is 0.691. The van der Waals surface area contributed by atoms with Gasteiger partial charge in [-0.25, -0.2) is 0 Å². The molecule has 1 aromatic rings. The van der Waals surface area contributed by atoms with Crippen LogP contribution in [0.25, 0.3) is 0 Å². The smallest absolute Gasteiger partial charge is 0.165 e. The third-order valence-corrected chi connectivity index (χ3v) is 2.61. The van der Waals surface area contributed by atoms with Crippen LogP contribution in [-0.4, -0.2) is 20.2 Å². The van der Waals surface area contributed by atoms with Gasteiger partial charge in [-0.15, -0.1) is 0 Å². The Morgan fingerprint density at radius 3 is 3.08 bits per heavy atom. The fourth-order valence-corrected chi connectivity index (χ4v) is 1.91. The monoisotopic (exact) mass is 242 g/mol. The van der Waals surface area contributed by atoms with E-state index in [0.29, 0.717) is 12.3 Å². The average molecular weight is 243 g/mol. The van der Waals surface area contributed by atoms with E-state index in [0.717, 1.165) is 22.5 Å². The molecule has 0 saturated heterocycles. The van der Waals surface area contributed by atoms with E-state index in [1.54, 1.807) is 0 Å². The van der Waals surface area contributed by atoms with E-state index >= 15 is 0 Å². The number of halogens is 1. The van der Waals surface area contributed by atoms with Crippen molar-refractivity contribution in [1.29, 1.82) is 0 Å². The van der Waals surface area contributed by atoms with Crippen LogP contribution in [0.4, 0.5) is 11.4 Å². The van der Waals surface area contributed by atoms with Gasteiger partial charge in [0.15, 0.2) is 5.75 Å². The molecule has 4 heteroatoms. The quantitative estimate of drug-likeness (QED) is 0.707. The molecule has 0 atom stereocenters. The number of rotatable bonds is 0. The number of anilines is 2. The van der Waals surface area contributed by atoms with Crippen molar-refractivity contribution in [3.05, 3.63) is 16.6 Å². The number of hydrogen-bond acceptors (Lipinski definition) is 3. The molecule has 0 spiro atoms. The van der Waals surface area contributed by atoms with Crippen LogP contribution in [0, 0.1) is 0 Å². The third kappa shape index (κ3) is 1.46. The van der Waals surface area contributed by atoms with E-state index < -0.39 is 0 Å². The lowest BCUT2D eigenvalue weighted by atomic mass is 10.2. The highest BCUT2D eigenvalue weighted by molar-refractivity contribution is 9.10. The SMILES string of the molecule is CN1CCOc2c(N)cc(Br)cc21. The molecule has 1 heterocycles. The summed E-state index contributed by atoms with van der Waals surface area (Å²) in [6.45, 7) is 1.61. The van der Waals surface area contributed by atoms with Crippen LogP contribution < -0.4 is 15.4 Å². The van der Waals surface area contributed by atoms with Crippen molar-refractivity contribution >= 4 is 27.3 Å². The molecule has 1 aliphatic heterocycles. The minimum Gasteiger partial charge on any atom is -0.487 e. The Bertz CT molecular complexity index is 341. The van der Waals surface area contributed by atoms with Gasteiger partial charge in [0.25, 0.3) is 0 Å². The molecule has 3 nitrogen and oxygen atoms in total. The van der Waals surface area contributed by atoms with Crippen molar-refractivity contribution in [2.24, 2.45) is 0 Å². The first-order chi connectivity index (χ1) is 6.18. The molecule has 0 unspecified atom stereocenters. The highest BCUT2D eigenvalue weighted by Crippen LogP contribution is 2.38. The van der Waals surface area contributed by atoms with Gasteiger partial charge in [-0.1, -0.05) is 15.9 Å². The molecule has 0 aromatic heterocycles. The first-order valence-electron chi connectivity index (χ1n) is 4.11. The van der Waals surface area contributed by atoms with Gasteiger partial charge in [0.1, 0.15) is 6.61 Å². The van der Waals surface area contributed by atoms with Crippen LogP contribution in [0.3, 0.4) is 0 Å². The lowest BCUT2D eigenvalue weighted by Gasteiger charge is -2.28. The highest BCUT2D eigenvalue weighted by Gasteiger charge is 2.17. The molecule has 0 bridgehead atoms. The number of benzene rings is 1. The van der Waals surface area contributed by atoms with Crippen LogP contribution >= 0.6 is 15.9 Å². The lowest BCUT2D eigenvalue weighted by molar-refractivity contribution is 0.313. The maximum atomic E-state index is 5.82. The zero-order chi connectivity index (χ0) is 9.42. The van der Waals surface area contributed by atoms with E-state index in [1.165, 1.54) is 0 Å². The number of fused-ring (bicyclic) bond motifs is 1. The number of likely N-dealkylation sites (N-methyl/N-ethyl adjacent to an activating group) is 1. The van der Waals surface area contributed by atoms with Gasteiger partial charge in [-0.3, -0.25) is 0 Å². The molecule has 0 radical (unpaired) electrons. The molecular weight excluding hydrogens is 232 g/mol. The summed E-state index contributed by atoms with van der Waals surface area (Å²) >= 11 is 3.41. The van der Waals surface area contributed by atoms with Gasteiger partial charge in [-0.05, 0) is 12.1 Å². The Hall–Kier alpha value is -0.900. The molecule has 0 amide bonds. The Balaban J connectivity index is 2.56. The number of ether oxygens (including phenoxy) is 1. The summed E-state index contributed by atoms with van der Waals surface area (Å²) in [6, 6.07) is 3.88. The summed E-state index contributed by atoms with van der Waals surface area (Å²) in [6.07, 6.45) is 0. The molecule has 0 aliphatic carbocycles. The number of hydrogen-bond donors (Lipinski definition) is 1. The number of nitrogen functional groups attached to an aromatic ring is 1. The summed E-state index contributed by atoms with van der Waals surface area (Å²) < 4.78 is 6.48. The molecule has 0 fully saturated rings. The standard InChI is InChI=1S/C9H11BrN2O/c1-12-2-3-13-9-7(11)4-6(10)5-8(9)12/h4-5H,2-3,11H2,1H3. The van der Waals surface area contributed by atoms with Crippen molar-refractivity contribution < 1.29 is 4.74 Å². The summed E-state index contributed by atoms with van der Waals surface area (Å²) in [4.78, 5) is 2.14. The summed E-state index contributed by atoms with van der Waals surface area (Å²) in [5, 5.41) is 0. The van der Waals surface area contributed by atoms with E-state index in [4.69, 9.17) is 10.5 Å². The fraction of sp³-hybridized carbons (Fsp3) is 0.333. The van der Waals surface area contributed by atoms with Gasteiger partial charge < -0.3 is 15.4 Å². The topological polar surface area (TPSA) is 38.5 Å². The van der Waals surface area contributed by atoms with Crippen LogP contribution in [0.2, 0.25) is 0 Å². The largest absolute Gasteiger partial charge is 0.487 e. The van der Waals surface area contributed by atoms with Crippen molar-refractivity contribution in [2.45, 2.75) is 0 Å². The highest BCUT2D eigenvalue weighted by atomic mass is 79.9. The molecular formula is C9H11BrN2O. The zero-order valence-corrected chi connectivity index (χ0v) is 8.97. The molecule has 1 aromatic carbocycles. The molecule has 2 rings (SSSR count). The minimum absolute atomic E-state index is 0.691. The second-order valence-corrected chi connectivity index (χ2v) is 4.03. The molecule has 2 N–H and O–H groups in total. The molecule has 0 saturated carbocycles. The van der Waals surface area contributed by atoms with Crippen molar-refractivity contribution in [2.75, 3.05) is 30.8 Å². The van der Waals surface area contributed by atoms with E-state index in [2.05, 4.69) is 20.8 Å². The Kier molecular flexibility index (Phi) is 2.07. The normalized spacial score (nSPS) is 15.1. The van der Waals surface area contributed by atoms with Crippen LogP contribution in [0.15, 0.2) is 16.6 Å². The molecule has 13 heavy (non-hydrogen) atoms. The number of nitrogens with two attached hydrogens (primary N) is 1. The predicted molar refractivity (Wildman–Crippen MR) is 57.3 cm³/mol. The Labute approximate surface area is 85.6 Å². The zero-order valence-electron chi connectivity index (χ0n) is 7.38. The van der Waals surface area contributed by atoms with Gasteiger partial charge in [0.05, 0.1) is 17.9 Å². The summed E-state index contributed by atoms with van der Waals surface area (Å²) in [7, 11) is 2.03. The Morgan fingerprint density at radius 1 is 1.54 bits per heavy atom. The van der Waals surface area contributed by atoms with E-state index in [-0.39, 0.29) is 0 Å². The second-order valence-electron chi connectivity index (χ2n) is 3.11. The summed E-state index contributed by atoms with van der Waals surface area (Å²) in [5.41, 5.74) is 7.57. The fourth-order valence-electron chi connectivity index (χ4n) is 1.45. The average Bonchev–Trinajstić information content (AvgIpc) is 2.07. The number of nitrogens with zero attached hydrogens (tertiary/aromatic N) is 1. The van der Waals surface area contributed by atoms with Crippen molar-refractivity contribution in [3.8, 4) is 5.75 Å².